The SMILES string of the molecule is CCNCC.CCNCC.O=C(S)CC(C(=O)O)c1nc2ccccc2s1. The van der Waals surface area contributed by atoms with Crippen molar-refractivity contribution < 1.29 is 14.7 Å². The zero-order valence-electron chi connectivity index (χ0n) is 16.5. The molecule has 0 radical (unpaired) electrons. The lowest BCUT2D eigenvalue weighted by atomic mass is 10.1. The van der Waals surface area contributed by atoms with E-state index in [0.717, 1.165) is 36.4 Å². The number of carboxylic acid groups (broad SMARTS) is 1. The lowest BCUT2D eigenvalue weighted by Crippen LogP contribution is -2.13. The van der Waals surface area contributed by atoms with Crippen molar-refractivity contribution in [3.63, 3.8) is 0 Å². The number of thiazole rings is 1. The Bertz CT molecular complexity index is 634. The molecule has 0 aliphatic heterocycles. The fourth-order valence-corrected chi connectivity index (χ4v) is 3.24. The second kappa shape index (κ2) is 15.6. The van der Waals surface area contributed by atoms with Crippen LogP contribution in [0.1, 0.15) is 45.0 Å². The van der Waals surface area contributed by atoms with E-state index in [1.807, 2.05) is 24.3 Å². The van der Waals surface area contributed by atoms with Crippen molar-refractivity contribution in [2.24, 2.45) is 0 Å². The third-order valence-corrected chi connectivity index (χ3v) is 4.62. The molecule has 1 atom stereocenters. The first kappa shape index (κ1) is 25.5. The average Bonchev–Trinajstić information content (AvgIpc) is 3.05. The minimum Gasteiger partial charge on any atom is -0.481 e. The van der Waals surface area contributed by atoms with E-state index >= 15 is 0 Å². The second-order valence-electron chi connectivity index (χ2n) is 5.42. The smallest absolute Gasteiger partial charge is 0.313 e. The maximum Gasteiger partial charge on any atom is 0.313 e. The number of carbonyl (C=O) groups is 2. The van der Waals surface area contributed by atoms with E-state index in [2.05, 4.69) is 55.9 Å². The van der Waals surface area contributed by atoms with E-state index in [9.17, 15) is 9.59 Å². The van der Waals surface area contributed by atoms with Gasteiger partial charge < -0.3 is 15.7 Å². The summed E-state index contributed by atoms with van der Waals surface area (Å²) in [6.45, 7) is 12.8. The number of rotatable bonds is 8. The number of thiol groups is 1. The van der Waals surface area contributed by atoms with Crippen molar-refractivity contribution in [3.05, 3.63) is 29.3 Å². The minimum absolute atomic E-state index is 0.141. The van der Waals surface area contributed by atoms with E-state index in [0.29, 0.717) is 5.01 Å². The molecule has 152 valence electrons. The Morgan fingerprint density at radius 2 is 1.59 bits per heavy atom. The molecule has 0 amide bonds. The number of fused-ring (bicyclic) bond motifs is 1. The summed E-state index contributed by atoms with van der Waals surface area (Å²) in [7, 11) is 0. The van der Waals surface area contributed by atoms with Gasteiger partial charge in [0.15, 0.2) is 5.12 Å². The van der Waals surface area contributed by atoms with Gasteiger partial charge >= 0.3 is 5.97 Å². The number of carboxylic acids is 1. The Morgan fingerprint density at radius 1 is 1.07 bits per heavy atom. The molecular formula is C19H31N3O3S2. The van der Waals surface area contributed by atoms with E-state index in [-0.39, 0.29) is 6.42 Å². The van der Waals surface area contributed by atoms with Crippen LogP contribution in [0.2, 0.25) is 0 Å². The lowest BCUT2D eigenvalue weighted by molar-refractivity contribution is -0.139. The van der Waals surface area contributed by atoms with Gasteiger partial charge in [-0.25, -0.2) is 4.98 Å². The highest BCUT2D eigenvalue weighted by Crippen LogP contribution is 2.29. The molecule has 3 N–H and O–H groups in total. The van der Waals surface area contributed by atoms with Crippen LogP contribution < -0.4 is 10.6 Å². The Labute approximate surface area is 171 Å². The van der Waals surface area contributed by atoms with Gasteiger partial charge in [-0.15, -0.1) is 24.0 Å². The monoisotopic (exact) mass is 413 g/mol. The van der Waals surface area contributed by atoms with Gasteiger partial charge in [0.1, 0.15) is 10.9 Å². The second-order valence-corrected chi connectivity index (χ2v) is 6.98. The third-order valence-electron chi connectivity index (χ3n) is 3.29. The maximum absolute atomic E-state index is 11.1. The minimum atomic E-state index is -1.05. The Kier molecular flexibility index (Phi) is 14.7. The number of hydrogen-bond acceptors (Lipinski definition) is 6. The molecule has 0 spiro atoms. The van der Waals surface area contributed by atoms with Crippen LogP contribution in [0, 0.1) is 0 Å². The summed E-state index contributed by atoms with van der Waals surface area (Å²) >= 11 is 4.92. The zero-order valence-corrected chi connectivity index (χ0v) is 18.2. The van der Waals surface area contributed by atoms with E-state index in [1.165, 1.54) is 11.3 Å². The Balaban J connectivity index is 0.000000563. The van der Waals surface area contributed by atoms with Gasteiger partial charge in [-0.1, -0.05) is 39.8 Å². The molecule has 0 aliphatic carbocycles. The van der Waals surface area contributed by atoms with Crippen LogP contribution in [0.5, 0.6) is 0 Å². The van der Waals surface area contributed by atoms with Crippen molar-refractivity contribution in [1.29, 1.82) is 0 Å². The molecule has 1 aromatic carbocycles. The summed E-state index contributed by atoms with van der Waals surface area (Å²) in [4.78, 5) is 26.3. The predicted molar refractivity (Wildman–Crippen MR) is 117 cm³/mol. The number of hydrogen-bond donors (Lipinski definition) is 4. The quantitative estimate of drug-likeness (QED) is 0.495. The summed E-state index contributed by atoms with van der Waals surface area (Å²) in [5.74, 6) is -1.95. The molecule has 0 saturated heterocycles. The molecule has 0 saturated carbocycles. The first-order valence-electron chi connectivity index (χ1n) is 9.12. The fraction of sp³-hybridized carbons (Fsp3) is 0.526. The van der Waals surface area contributed by atoms with Crippen LogP contribution >= 0.6 is 24.0 Å². The highest BCUT2D eigenvalue weighted by atomic mass is 32.1. The molecule has 2 rings (SSSR count). The van der Waals surface area contributed by atoms with E-state index in [1.54, 1.807) is 0 Å². The zero-order chi connectivity index (χ0) is 20.7. The van der Waals surface area contributed by atoms with Gasteiger partial charge in [-0.05, 0) is 38.3 Å². The largest absolute Gasteiger partial charge is 0.481 e. The molecular weight excluding hydrogens is 382 g/mol. The Hall–Kier alpha value is -1.48. The van der Waals surface area contributed by atoms with E-state index in [4.69, 9.17) is 5.11 Å². The van der Waals surface area contributed by atoms with Gasteiger partial charge in [-0.2, -0.15) is 0 Å². The van der Waals surface area contributed by atoms with Crippen molar-refractivity contribution in [1.82, 2.24) is 15.6 Å². The molecule has 2 aromatic rings. The first-order valence-corrected chi connectivity index (χ1v) is 10.4. The van der Waals surface area contributed by atoms with Gasteiger partial charge in [0.05, 0.1) is 10.2 Å². The number of aromatic nitrogens is 1. The molecule has 1 unspecified atom stereocenters. The van der Waals surface area contributed by atoms with Gasteiger partial charge in [0.2, 0.25) is 0 Å². The van der Waals surface area contributed by atoms with Gasteiger partial charge in [0.25, 0.3) is 0 Å². The van der Waals surface area contributed by atoms with Gasteiger partial charge in [-0.3, -0.25) is 9.59 Å². The van der Waals surface area contributed by atoms with Crippen molar-refractivity contribution in [3.8, 4) is 0 Å². The molecule has 0 aliphatic rings. The number of nitrogens with one attached hydrogen (secondary N) is 2. The predicted octanol–water partition coefficient (Wildman–Crippen LogP) is 3.54. The lowest BCUT2D eigenvalue weighted by Gasteiger charge is -2.05. The summed E-state index contributed by atoms with van der Waals surface area (Å²) in [5, 5.41) is 15.3. The third kappa shape index (κ3) is 11.1. The molecule has 0 fully saturated rings. The summed E-state index contributed by atoms with van der Waals surface area (Å²) in [6.07, 6.45) is -0.141. The number of para-hydroxylation sites is 1. The first-order chi connectivity index (χ1) is 12.9. The standard InChI is InChI=1S/C11H9NO3S2.2C4H11N/c13-9(16)5-6(11(14)15)10-12-7-3-1-2-4-8(7)17-10;2*1-3-5-4-2/h1-4,6H,5H2,(H,13,16)(H,14,15);2*5H,3-4H2,1-2H3. The van der Waals surface area contributed by atoms with Gasteiger partial charge in [0, 0.05) is 6.42 Å². The van der Waals surface area contributed by atoms with Crippen LogP contribution in [-0.2, 0) is 9.59 Å². The highest BCUT2D eigenvalue weighted by Gasteiger charge is 2.25. The summed E-state index contributed by atoms with van der Waals surface area (Å²) < 4.78 is 0.917. The van der Waals surface area contributed by atoms with Crippen molar-refractivity contribution >= 4 is 45.3 Å². The summed E-state index contributed by atoms with van der Waals surface area (Å²) in [5.41, 5.74) is 0.755. The number of carbonyl (C=O) groups excluding carboxylic acids is 1. The molecule has 1 heterocycles. The topological polar surface area (TPSA) is 91.3 Å². The van der Waals surface area contributed by atoms with Crippen LogP contribution in [0.3, 0.4) is 0 Å². The van der Waals surface area contributed by atoms with Crippen LogP contribution in [0.4, 0.5) is 0 Å². The number of aliphatic carboxylic acids is 1. The van der Waals surface area contributed by atoms with Crippen LogP contribution in [0.15, 0.2) is 24.3 Å². The molecule has 6 nitrogen and oxygen atoms in total. The van der Waals surface area contributed by atoms with E-state index < -0.39 is 17.0 Å². The van der Waals surface area contributed by atoms with Crippen molar-refractivity contribution in [2.45, 2.75) is 40.0 Å². The number of nitrogens with zero attached hydrogens (tertiary/aromatic N) is 1. The molecule has 8 heteroatoms. The van der Waals surface area contributed by atoms with Crippen molar-refractivity contribution in [2.75, 3.05) is 26.2 Å². The van der Waals surface area contributed by atoms with Crippen LogP contribution in [0.25, 0.3) is 10.2 Å². The average molecular weight is 414 g/mol. The maximum atomic E-state index is 11.1. The fourth-order valence-electron chi connectivity index (χ4n) is 1.99. The van der Waals surface area contributed by atoms with Crippen LogP contribution in [-0.4, -0.2) is 47.4 Å². The molecule has 0 bridgehead atoms. The summed E-state index contributed by atoms with van der Waals surface area (Å²) in [6, 6.07) is 7.39. The molecule has 1 aromatic heterocycles. The normalized spacial score (nSPS) is 11.0. The highest BCUT2D eigenvalue weighted by molar-refractivity contribution is 7.96. The number of benzene rings is 1. The molecule has 27 heavy (non-hydrogen) atoms. The Morgan fingerprint density at radius 3 is 1.96 bits per heavy atom.